The van der Waals surface area contributed by atoms with Gasteiger partial charge >= 0.3 is 0 Å². The molecule has 21 heavy (non-hydrogen) atoms. The highest BCUT2D eigenvalue weighted by molar-refractivity contribution is 7.98. The Morgan fingerprint density at radius 3 is 2.71 bits per heavy atom. The minimum atomic E-state index is -0.488. The van der Waals surface area contributed by atoms with Gasteiger partial charge in [0.1, 0.15) is 0 Å². The molecule has 0 saturated carbocycles. The van der Waals surface area contributed by atoms with Gasteiger partial charge in [-0.2, -0.15) is 11.8 Å². The van der Waals surface area contributed by atoms with E-state index in [1.165, 1.54) is 6.92 Å². The van der Waals surface area contributed by atoms with Gasteiger partial charge in [-0.25, -0.2) is 0 Å². The summed E-state index contributed by atoms with van der Waals surface area (Å²) in [5.41, 5.74) is 7.48. The van der Waals surface area contributed by atoms with E-state index in [1.807, 2.05) is 37.4 Å². The van der Waals surface area contributed by atoms with Gasteiger partial charge in [0.15, 0.2) is 0 Å². The van der Waals surface area contributed by atoms with Crippen LogP contribution in [0.4, 0.5) is 5.69 Å². The van der Waals surface area contributed by atoms with Crippen molar-refractivity contribution in [2.75, 3.05) is 17.3 Å². The molecule has 0 saturated heterocycles. The van der Waals surface area contributed by atoms with Crippen molar-refractivity contribution >= 4 is 29.3 Å². The molecule has 4 N–H and O–H groups in total. The molecule has 1 rings (SSSR count). The second-order valence-corrected chi connectivity index (χ2v) is 5.91. The standard InChI is InChI=1S/C15H23N3O2S/c1-10(17-15(20)14(16)7-8-21-3)12-5-4-6-13(9-12)18-11(2)19/h4-6,9-10,14H,7-8,16H2,1-3H3,(H,17,20)(H,18,19)/t10?,14-/m1/s1. The Morgan fingerprint density at radius 2 is 2.10 bits per heavy atom. The van der Waals surface area contributed by atoms with Gasteiger partial charge in [0.25, 0.3) is 0 Å². The highest BCUT2D eigenvalue weighted by Crippen LogP contribution is 2.17. The number of benzene rings is 1. The largest absolute Gasteiger partial charge is 0.348 e. The fourth-order valence-corrected chi connectivity index (χ4v) is 2.36. The van der Waals surface area contributed by atoms with Crippen molar-refractivity contribution in [2.24, 2.45) is 5.73 Å². The molecule has 0 aliphatic heterocycles. The third-order valence-electron chi connectivity index (χ3n) is 3.04. The van der Waals surface area contributed by atoms with Gasteiger partial charge in [-0.3, -0.25) is 9.59 Å². The number of rotatable bonds is 7. The lowest BCUT2D eigenvalue weighted by Crippen LogP contribution is -2.41. The second kappa shape index (κ2) is 8.69. The quantitative estimate of drug-likeness (QED) is 0.718. The Kier molecular flexibility index (Phi) is 7.25. The zero-order valence-corrected chi connectivity index (χ0v) is 13.5. The molecule has 1 aromatic carbocycles. The van der Waals surface area contributed by atoms with Crippen LogP contribution in [0.3, 0.4) is 0 Å². The third kappa shape index (κ3) is 6.18. The molecule has 2 amide bonds. The van der Waals surface area contributed by atoms with Crippen LogP contribution in [-0.4, -0.2) is 29.9 Å². The van der Waals surface area contributed by atoms with E-state index in [1.54, 1.807) is 11.8 Å². The number of carbonyl (C=O) groups excluding carboxylic acids is 2. The molecule has 1 unspecified atom stereocenters. The van der Waals surface area contributed by atoms with Gasteiger partial charge in [0, 0.05) is 12.6 Å². The number of thioether (sulfide) groups is 1. The van der Waals surface area contributed by atoms with Crippen molar-refractivity contribution < 1.29 is 9.59 Å². The van der Waals surface area contributed by atoms with Gasteiger partial charge in [-0.1, -0.05) is 12.1 Å². The van der Waals surface area contributed by atoms with Crippen molar-refractivity contribution in [3.05, 3.63) is 29.8 Å². The van der Waals surface area contributed by atoms with Crippen LogP contribution in [0, 0.1) is 0 Å². The highest BCUT2D eigenvalue weighted by Gasteiger charge is 2.16. The minimum Gasteiger partial charge on any atom is -0.348 e. The first-order chi connectivity index (χ1) is 9.93. The number of carbonyl (C=O) groups is 2. The molecule has 0 bridgehead atoms. The maximum absolute atomic E-state index is 12.0. The van der Waals surface area contributed by atoms with Crippen LogP contribution in [0.25, 0.3) is 0 Å². The van der Waals surface area contributed by atoms with Gasteiger partial charge < -0.3 is 16.4 Å². The Morgan fingerprint density at radius 1 is 1.38 bits per heavy atom. The second-order valence-electron chi connectivity index (χ2n) is 4.92. The van der Waals surface area contributed by atoms with Crippen LogP contribution in [-0.2, 0) is 9.59 Å². The average Bonchev–Trinajstić information content (AvgIpc) is 2.44. The fraction of sp³-hybridized carbons (Fsp3) is 0.467. The first-order valence-electron chi connectivity index (χ1n) is 6.86. The summed E-state index contributed by atoms with van der Waals surface area (Å²) < 4.78 is 0. The lowest BCUT2D eigenvalue weighted by Gasteiger charge is -2.18. The Labute approximate surface area is 130 Å². The molecule has 5 nitrogen and oxygen atoms in total. The van der Waals surface area contributed by atoms with Crippen molar-refractivity contribution in [3.8, 4) is 0 Å². The number of nitrogens with one attached hydrogen (secondary N) is 2. The summed E-state index contributed by atoms with van der Waals surface area (Å²) in [6.07, 6.45) is 2.65. The van der Waals surface area contributed by atoms with Gasteiger partial charge in [0.05, 0.1) is 12.1 Å². The fourth-order valence-electron chi connectivity index (χ4n) is 1.87. The van der Waals surface area contributed by atoms with Crippen molar-refractivity contribution in [1.82, 2.24) is 5.32 Å². The number of nitrogens with two attached hydrogens (primary N) is 1. The topological polar surface area (TPSA) is 84.2 Å². The van der Waals surface area contributed by atoms with E-state index in [0.717, 1.165) is 11.3 Å². The van der Waals surface area contributed by atoms with Gasteiger partial charge in [0.2, 0.25) is 11.8 Å². The lowest BCUT2D eigenvalue weighted by molar-refractivity contribution is -0.123. The van der Waals surface area contributed by atoms with E-state index < -0.39 is 6.04 Å². The number of hydrogen-bond donors (Lipinski definition) is 3. The monoisotopic (exact) mass is 309 g/mol. The maximum atomic E-state index is 12.0. The summed E-state index contributed by atoms with van der Waals surface area (Å²) in [7, 11) is 0. The van der Waals surface area contributed by atoms with E-state index in [0.29, 0.717) is 12.1 Å². The number of hydrogen-bond acceptors (Lipinski definition) is 4. The molecule has 0 spiro atoms. The molecule has 0 aliphatic carbocycles. The zero-order valence-electron chi connectivity index (χ0n) is 12.7. The van der Waals surface area contributed by atoms with Crippen molar-refractivity contribution in [3.63, 3.8) is 0 Å². The van der Waals surface area contributed by atoms with E-state index in [4.69, 9.17) is 5.73 Å². The minimum absolute atomic E-state index is 0.122. The summed E-state index contributed by atoms with van der Waals surface area (Å²) in [6.45, 7) is 3.36. The third-order valence-corrected chi connectivity index (χ3v) is 3.68. The van der Waals surface area contributed by atoms with E-state index in [-0.39, 0.29) is 17.9 Å². The lowest BCUT2D eigenvalue weighted by atomic mass is 10.1. The van der Waals surface area contributed by atoms with Crippen LogP contribution >= 0.6 is 11.8 Å². The molecule has 0 fully saturated rings. The summed E-state index contributed by atoms with van der Waals surface area (Å²) in [6, 6.07) is 6.76. The van der Waals surface area contributed by atoms with Gasteiger partial charge in [-0.15, -0.1) is 0 Å². The van der Waals surface area contributed by atoms with Crippen molar-refractivity contribution in [1.29, 1.82) is 0 Å². The molecule has 0 aliphatic rings. The Balaban J connectivity index is 2.64. The van der Waals surface area contributed by atoms with Crippen LogP contribution in [0.15, 0.2) is 24.3 Å². The number of anilines is 1. The molecule has 6 heteroatoms. The van der Waals surface area contributed by atoms with Crippen molar-refractivity contribution in [2.45, 2.75) is 32.4 Å². The molecule has 0 heterocycles. The maximum Gasteiger partial charge on any atom is 0.237 e. The SMILES string of the molecule is CSCC[C@@H](N)C(=O)NC(C)c1cccc(NC(C)=O)c1. The molecule has 1 aromatic rings. The molecular weight excluding hydrogens is 286 g/mol. The zero-order chi connectivity index (χ0) is 15.8. The van der Waals surface area contributed by atoms with E-state index in [2.05, 4.69) is 10.6 Å². The van der Waals surface area contributed by atoms with Crippen LogP contribution in [0.5, 0.6) is 0 Å². The molecule has 0 radical (unpaired) electrons. The summed E-state index contributed by atoms with van der Waals surface area (Å²) in [4.78, 5) is 23.0. The van der Waals surface area contributed by atoms with E-state index >= 15 is 0 Å². The normalized spacial score (nSPS) is 13.3. The average molecular weight is 309 g/mol. The van der Waals surface area contributed by atoms with E-state index in [9.17, 15) is 9.59 Å². The predicted molar refractivity (Wildman–Crippen MR) is 88.3 cm³/mol. The predicted octanol–water partition coefficient (Wildman–Crippen LogP) is 1.90. The molecule has 0 aromatic heterocycles. The number of amides is 2. The van der Waals surface area contributed by atoms with Crippen LogP contribution in [0.2, 0.25) is 0 Å². The molecule has 2 atom stereocenters. The Bertz CT molecular complexity index is 494. The highest BCUT2D eigenvalue weighted by atomic mass is 32.2. The first kappa shape index (κ1) is 17.5. The summed E-state index contributed by atoms with van der Waals surface area (Å²) in [5, 5.41) is 5.62. The summed E-state index contributed by atoms with van der Waals surface area (Å²) >= 11 is 1.67. The Hall–Kier alpha value is -1.53. The molecular formula is C15H23N3O2S. The smallest absolute Gasteiger partial charge is 0.237 e. The first-order valence-corrected chi connectivity index (χ1v) is 8.26. The summed E-state index contributed by atoms with van der Waals surface area (Å²) in [5.74, 6) is 0.588. The van der Waals surface area contributed by atoms with Crippen LogP contribution < -0.4 is 16.4 Å². The van der Waals surface area contributed by atoms with Gasteiger partial charge in [-0.05, 0) is 43.0 Å². The van der Waals surface area contributed by atoms with Crippen LogP contribution in [0.1, 0.15) is 31.9 Å². The molecule has 116 valence electrons.